The summed E-state index contributed by atoms with van der Waals surface area (Å²) in [5.74, 6) is 0. The van der Waals surface area contributed by atoms with Gasteiger partial charge in [-0.25, -0.2) is 9.78 Å². The maximum Gasteiger partial charge on any atom is 0.315 e. The van der Waals surface area contributed by atoms with Crippen molar-refractivity contribution in [2.45, 2.75) is 39.2 Å². The molecular weight excluding hydrogens is 250 g/mol. The van der Waals surface area contributed by atoms with E-state index in [1.807, 2.05) is 20.0 Å². The summed E-state index contributed by atoms with van der Waals surface area (Å²) in [7, 11) is 0. The zero-order chi connectivity index (χ0) is 13.4. The third kappa shape index (κ3) is 5.46. The van der Waals surface area contributed by atoms with Crippen LogP contribution < -0.4 is 10.6 Å². The number of aliphatic hydroxyl groups is 1. The van der Waals surface area contributed by atoms with Gasteiger partial charge in [0.1, 0.15) is 0 Å². The van der Waals surface area contributed by atoms with Crippen LogP contribution in [-0.2, 0) is 6.42 Å². The van der Waals surface area contributed by atoms with E-state index in [9.17, 15) is 4.79 Å². The maximum atomic E-state index is 11.6. The van der Waals surface area contributed by atoms with E-state index < -0.39 is 0 Å². The number of aromatic nitrogens is 1. The lowest BCUT2D eigenvalue weighted by Crippen LogP contribution is -2.42. The molecule has 1 unspecified atom stereocenters. The van der Waals surface area contributed by atoms with E-state index in [2.05, 4.69) is 15.6 Å². The van der Waals surface area contributed by atoms with E-state index in [-0.39, 0.29) is 18.7 Å². The second-order valence-electron chi connectivity index (χ2n) is 4.13. The Hall–Kier alpha value is -1.14. The molecule has 1 aromatic heterocycles. The molecule has 0 aliphatic heterocycles. The third-order valence-electron chi connectivity index (χ3n) is 2.60. The van der Waals surface area contributed by atoms with Crippen LogP contribution in [0.3, 0.4) is 0 Å². The number of thiazole rings is 1. The van der Waals surface area contributed by atoms with Gasteiger partial charge in [0.25, 0.3) is 0 Å². The van der Waals surface area contributed by atoms with Crippen molar-refractivity contribution in [3.63, 3.8) is 0 Å². The summed E-state index contributed by atoms with van der Waals surface area (Å²) in [5.41, 5.74) is 0. The van der Waals surface area contributed by atoms with Crippen LogP contribution in [0.2, 0.25) is 0 Å². The fourth-order valence-electron chi connectivity index (χ4n) is 1.57. The average molecular weight is 271 g/mol. The lowest BCUT2D eigenvalue weighted by Gasteiger charge is -2.15. The Morgan fingerprint density at radius 1 is 1.61 bits per heavy atom. The second-order valence-corrected chi connectivity index (χ2v) is 5.45. The number of nitrogens with zero attached hydrogens (tertiary/aromatic N) is 1. The van der Waals surface area contributed by atoms with Crippen LogP contribution in [0.4, 0.5) is 4.79 Å². The molecule has 102 valence electrons. The van der Waals surface area contributed by atoms with Crippen LogP contribution in [0.25, 0.3) is 0 Å². The molecule has 0 aromatic carbocycles. The van der Waals surface area contributed by atoms with E-state index in [0.29, 0.717) is 13.0 Å². The molecule has 0 bridgehead atoms. The predicted molar refractivity (Wildman–Crippen MR) is 72.9 cm³/mol. The monoisotopic (exact) mass is 271 g/mol. The first kappa shape index (κ1) is 14.9. The predicted octanol–water partition coefficient (Wildman–Crippen LogP) is 1.45. The van der Waals surface area contributed by atoms with Crippen molar-refractivity contribution >= 4 is 17.4 Å². The molecule has 1 heterocycles. The Bertz CT molecular complexity index is 368. The van der Waals surface area contributed by atoms with Gasteiger partial charge in [-0.3, -0.25) is 0 Å². The van der Waals surface area contributed by atoms with Gasteiger partial charge in [-0.15, -0.1) is 11.3 Å². The van der Waals surface area contributed by atoms with Gasteiger partial charge < -0.3 is 15.7 Å². The van der Waals surface area contributed by atoms with Gasteiger partial charge in [0, 0.05) is 36.7 Å². The summed E-state index contributed by atoms with van der Waals surface area (Å²) in [4.78, 5) is 17.0. The van der Waals surface area contributed by atoms with Crippen molar-refractivity contribution in [2.24, 2.45) is 0 Å². The molecule has 2 amide bonds. The highest BCUT2D eigenvalue weighted by Gasteiger charge is 2.09. The highest BCUT2D eigenvalue weighted by atomic mass is 32.1. The van der Waals surface area contributed by atoms with Gasteiger partial charge in [0.05, 0.1) is 5.01 Å². The van der Waals surface area contributed by atoms with Gasteiger partial charge in [-0.05, 0) is 19.8 Å². The lowest BCUT2D eigenvalue weighted by atomic mass is 10.2. The van der Waals surface area contributed by atoms with E-state index in [0.717, 1.165) is 17.8 Å². The number of aryl methyl sites for hydroxylation is 1. The minimum atomic E-state index is -0.177. The van der Waals surface area contributed by atoms with Crippen molar-refractivity contribution in [2.75, 3.05) is 13.2 Å². The molecule has 3 N–H and O–H groups in total. The Kier molecular flexibility index (Phi) is 6.67. The lowest BCUT2D eigenvalue weighted by molar-refractivity contribution is 0.228. The quantitative estimate of drug-likeness (QED) is 0.703. The van der Waals surface area contributed by atoms with Crippen LogP contribution in [0, 0.1) is 6.92 Å². The SMILES string of the molecule is CCC(CCO)NC(=O)NCCc1ncc(C)s1. The largest absolute Gasteiger partial charge is 0.396 e. The minimum Gasteiger partial charge on any atom is -0.396 e. The number of aliphatic hydroxyl groups excluding tert-OH is 1. The molecule has 6 heteroatoms. The number of nitrogens with one attached hydrogen (secondary N) is 2. The molecule has 0 aliphatic carbocycles. The van der Waals surface area contributed by atoms with Crippen molar-refractivity contribution < 1.29 is 9.90 Å². The molecule has 0 fully saturated rings. The molecule has 0 radical (unpaired) electrons. The second kappa shape index (κ2) is 8.05. The van der Waals surface area contributed by atoms with Crippen molar-refractivity contribution in [1.29, 1.82) is 0 Å². The summed E-state index contributed by atoms with van der Waals surface area (Å²) >= 11 is 1.65. The van der Waals surface area contributed by atoms with Crippen LogP contribution in [0.5, 0.6) is 0 Å². The van der Waals surface area contributed by atoms with E-state index >= 15 is 0 Å². The average Bonchev–Trinajstić information content (AvgIpc) is 2.74. The number of carbonyl (C=O) groups is 1. The highest BCUT2D eigenvalue weighted by molar-refractivity contribution is 7.11. The smallest absolute Gasteiger partial charge is 0.315 e. The van der Waals surface area contributed by atoms with Gasteiger partial charge in [0.2, 0.25) is 0 Å². The molecular formula is C12H21N3O2S. The van der Waals surface area contributed by atoms with Crippen molar-refractivity contribution in [3.8, 4) is 0 Å². The summed E-state index contributed by atoms with van der Waals surface area (Å²) in [6.07, 6.45) is 4.01. The Morgan fingerprint density at radius 2 is 2.39 bits per heavy atom. The number of amides is 2. The number of carbonyl (C=O) groups excluding carboxylic acids is 1. The Morgan fingerprint density at radius 3 is 2.94 bits per heavy atom. The summed E-state index contributed by atoms with van der Waals surface area (Å²) in [5, 5.41) is 15.5. The molecule has 1 aromatic rings. The number of urea groups is 1. The molecule has 18 heavy (non-hydrogen) atoms. The molecule has 0 saturated heterocycles. The standard InChI is InChI=1S/C12H21N3O2S/c1-3-10(5-7-16)15-12(17)13-6-4-11-14-8-9(2)18-11/h8,10,16H,3-7H2,1-2H3,(H2,13,15,17). The fourth-order valence-corrected chi connectivity index (χ4v) is 2.36. The van der Waals surface area contributed by atoms with E-state index in [4.69, 9.17) is 5.11 Å². The highest BCUT2D eigenvalue weighted by Crippen LogP contribution is 2.10. The zero-order valence-corrected chi connectivity index (χ0v) is 11.7. The van der Waals surface area contributed by atoms with Crippen molar-refractivity contribution in [3.05, 3.63) is 16.1 Å². The first-order valence-corrected chi connectivity index (χ1v) is 7.03. The summed E-state index contributed by atoms with van der Waals surface area (Å²) in [6.45, 7) is 4.67. The summed E-state index contributed by atoms with van der Waals surface area (Å²) in [6, 6.07) is -0.138. The van der Waals surface area contributed by atoms with Crippen LogP contribution in [0.15, 0.2) is 6.20 Å². The number of hydrogen-bond donors (Lipinski definition) is 3. The van der Waals surface area contributed by atoms with Gasteiger partial charge >= 0.3 is 6.03 Å². The zero-order valence-electron chi connectivity index (χ0n) is 10.9. The van der Waals surface area contributed by atoms with Gasteiger partial charge in [-0.2, -0.15) is 0 Å². The summed E-state index contributed by atoms with van der Waals surface area (Å²) < 4.78 is 0. The van der Waals surface area contributed by atoms with Crippen LogP contribution >= 0.6 is 11.3 Å². The molecule has 5 nitrogen and oxygen atoms in total. The number of rotatable bonds is 7. The molecule has 1 atom stereocenters. The molecule has 0 spiro atoms. The molecule has 1 rings (SSSR count). The topological polar surface area (TPSA) is 74.2 Å². The van der Waals surface area contributed by atoms with Gasteiger partial charge in [0.15, 0.2) is 0 Å². The van der Waals surface area contributed by atoms with Crippen LogP contribution in [-0.4, -0.2) is 35.3 Å². The van der Waals surface area contributed by atoms with Gasteiger partial charge in [-0.1, -0.05) is 6.92 Å². The normalized spacial score (nSPS) is 12.2. The Balaban J connectivity index is 2.20. The number of hydrogen-bond acceptors (Lipinski definition) is 4. The third-order valence-corrected chi connectivity index (χ3v) is 3.57. The maximum absolute atomic E-state index is 11.6. The van der Waals surface area contributed by atoms with E-state index in [1.54, 1.807) is 11.3 Å². The first-order valence-electron chi connectivity index (χ1n) is 6.22. The van der Waals surface area contributed by atoms with Crippen molar-refractivity contribution in [1.82, 2.24) is 15.6 Å². The van der Waals surface area contributed by atoms with E-state index in [1.165, 1.54) is 4.88 Å². The Labute approximate surface area is 112 Å². The molecule has 0 saturated carbocycles. The first-order chi connectivity index (χ1) is 8.65. The molecule has 0 aliphatic rings. The van der Waals surface area contributed by atoms with Crippen LogP contribution in [0.1, 0.15) is 29.7 Å². The fraction of sp³-hybridized carbons (Fsp3) is 0.667. The minimum absolute atomic E-state index is 0.0390.